The lowest BCUT2D eigenvalue weighted by Crippen LogP contribution is -2.52. The van der Waals surface area contributed by atoms with E-state index in [-0.39, 0.29) is 18.6 Å². The van der Waals surface area contributed by atoms with E-state index in [1.807, 2.05) is 25.1 Å². The van der Waals surface area contributed by atoms with Crippen LogP contribution in [0.2, 0.25) is 0 Å². The minimum Gasteiger partial charge on any atom is -0.491 e. The summed E-state index contributed by atoms with van der Waals surface area (Å²) in [4.78, 5) is 21.5. The number of nitrogens with one attached hydrogen (secondary N) is 1. The van der Waals surface area contributed by atoms with E-state index < -0.39 is 6.10 Å². The molecule has 2 heterocycles. The van der Waals surface area contributed by atoms with E-state index in [2.05, 4.69) is 44.4 Å². The Morgan fingerprint density at radius 2 is 1.85 bits per heavy atom. The lowest BCUT2D eigenvalue weighted by Gasteiger charge is -2.35. The lowest BCUT2D eigenvalue weighted by atomic mass is 10.1. The first-order valence-corrected chi connectivity index (χ1v) is 12.8. The predicted octanol–water partition coefficient (Wildman–Crippen LogP) is 2.25. The van der Waals surface area contributed by atoms with Crippen LogP contribution in [0, 0.1) is 6.92 Å². The molecule has 1 aliphatic heterocycles. The van der Waals surface area contributed by atoms with Gasteiger partial charge in [-0.25, -0.2) is 4.98 Å². The minimum absolute atomic E-state index is 0.104. The van der Waals surface area contributed by atoms with Crippen molar-refractivity contribution in [1.29, 1.82) is 0 Å². The van der Waals surface area contributed by atoms with Crippen LogP contribution in [0.3, 0.4) is 0 Å². The van der Waals surface area contributed by atoms with E-state index in [1.165, 1.54) is 11.1 Å². The van der Waals surface area contributed by atoms with E-state index in [0.29, 0.717) is 13.1 Å². The molecule has 5 rings (SSSR count). The number of β-amino-alcohol motifs (C(OH)–C–C–N with tert-alkyl or cyclic N) is 1. The number of ether oxygens (including phenoxy) is 1. The molecule has 180 valence electrons. The second-order valence-corrected chi connectivity index (χ2v) is 10.6. The summed E-state index contributed by atoms with van der Waals surface area (Å²) in [5.74, 6) is 0.838. The third-order valence-electron chi connectivity index (χ3n) is 6.63. The fourth-order valence-corrected chi connectivity index (χ4v) is 5.73. The Kier molecular flexibility index (Phi) is 7.10. The number of carbonyl (C=O) groups is 1. The second-order valence-electron chi connectivity index (χ2n) is 9.35. The van der Waals surface area contributed by atoms with E-state index in [4.69, 9.17) is 4.74 Å². The van der Waals surface area contributed by atoms with Crippen LogP contribution >= 0.6 is 11.3 Å². The number of aromatic nitrogens is 1. The molecule has 8 heteroatoms. The molecule has 1 saturated heterocycles. The van der Waals surface area contributed by atoms with E-state index in [0.717, 1.165) is 60.0 Å². The van der Waals surface area contributed by atoms with Crippen molar-refractivity contribution in [2.75, 3.05) is 45.9 Å². The van der Waals surface area contributed by atoms with Gasteiger partial charge < -0.3 is 15.2 Å². The fourth-order valence-electron chi connectivity index (χ4n) is 4.92. The first kappa shape index (κ1) is 23.2. The van der Waals surface area contributed by atoms with Gasteiger partial charge in [0, 0.05) is 44.8 Å². The summed E-state index contributed by atoms with van der Waals surface area (Å²) >= 11 is 1.67. The van der Waals surface area contributed by atoms with Crippen molar-refractivity contribution >= 4 is 27.5 Å². The first-order valence-electron chi connectivity index (χ1n) is 12.0. The molecule has 2 aromatic carbocycles. The van der Waals surface area contributed by atoms with Crippen molar-refractivity contribution in [3.63, 3.8) is 0 Å². The summed E-state index contributed by atoms with van der Waals surface area (Å²) in [6.45, 7) is 6.57. The molecule has 1 amide bonds. The van der Waals surface area contributed by atoms with Crippen LogP contribution in [-0.4, -0.2) is 83.8 Å². The number of nitrogens with zero attached hydrogens (tertiary/aromatic N) is 3. The van der Waals surface area contributed by atoms with Gasteiger partial charge in [-0.05, 0) is 43.0 Å². The molecule has 1 unspecified atom stereocenters. The zero-order valence-corrected chi connectivity index (χ0v) is 20.4. The number of amides is 1. The van der Waals surface area contributed by atoms with E-state index in [1.54, 1.807) is 11.3 Å². The van der Waals surface area contributed by atoms with Crippen LogP contribution in [0.5, 0.6) is 5.75 Å². The number of carbonyl (C=O) groups excluding carboxylic acids is 1. The Labute approximate surface area is 204 Å². The Hall–Kier alpha value is -2.52. The van der Waals surface area contributed by atoms with Crippen LogP contribution in [0.15, 0.2) is 42.5 Å². The SMILES string of the molecule is Cc1nc2cc(OCC(O)CN3CCN(CC(=O)NC4Cc5ccccc5C4)CC3)ccc2s1. The van der Waals surface area contributed by atoms with Crippen LogP contribution in [-0.2, 0) is 17.6 Å². The summed E-state index contributed by atoms with van der Waals surface area (Å²) in [5, 5.41) is 14.7. The third kappa shape index (κ3) is 5.75. The summed E-state index contributed by atoms with van der Waals surface area (Å²) in [6, 6.07) is 14.5. The van der Waals surface area contributed by atoms with Gasteiger partial charge in [-0.15, -0.1) is 11.3 Å². The highest BCUT2D eigenvalue weighted by molar-refractivity contribution is 7.18. The molecule has 0 spiro atoms. The number of benzene rings is 2. The van der Waals surface area contributed by atoms with E-state index in [9.17, 15) is 9.90 Å². The smallest absolute Gasteiger partial charge is 0.234 e. The molecule has 7 nitrogen and oxygen atoms in total. The van der Waals surface area contributed by atoms with Gasteiger partial charge >= 0.3 is 0 Å². The van der Waals surface area contributed by atoms with Crippen LogP contribution in [0.25, 0.3) is 10.2 Å². The van der Waals surface area contributed by atoms with Gasteiger partial charge in [0.05, 0.1) is 21.8 Å². The average molecular weight is 481 g/mol. The second kappa shape index (κ2) is 10.4. The minimum atomic E-state index is -0.563. The zero-order valence-electron chi connectivity index (χ0n) is 19.6. The van der Waals surface area contributed by atoms with Gasteiger partial charge in [0.1, 0.15) is 18.5 Å². The Morgan fingerprint density at radius 1 is 1.15 bits per heavy atom. The summed E-state index contributed by atoms with van der Waals surface area (Å²) in [6.07, 6.45) is 1.28. The van der Waals surface area contributed by atoms with Crippen molar-refractivity contribution < 1.29 is 14.6 Å². The highest BCUT2D eigenvalue weighted by Crippen LogP contribution is 2.25. The van der Waals surface area contributed by atoms with Gasteiger partial charge in [-0.1, -0.05) is 24.3 Å². The van der Waals surface area contributed by atoms with Crippen molar-refractivity contribution in [2.45, 2.75) is 31.9 Å². The number of rotatable bonds is 8. The van der Waals surface area contributed by atoms with Gasteiger partial charge in [0.15, 0.2) is 0 Å². The van der Waals surface area contributed by atoms with Crippen molar-refractivity contribution in [1.82, 2.24) is 20.1 Å². The summed E-state index contributed by atoms with van der Waals surface area (Å²) in [7, 11) is 0. The maximum atomic E-state index is 12.6. The molecule has 1 atom stereocenters. The van der Waals surface area contributed by atoms with E-state index >= 15 is 0 Å². The Bertz CT molecular complexity index is 1120. The van der Waals surface area contributed by atoms with Gasteiger partial charge in [-0.3, -0.25) is 14.6 Å². The predicted molar refractivity (Wildman–Crippen MR) is 135 cm³/mol. The van der Waals surface area contributed by atoms with Crippen LogP contribution < -0.4 is 10.1 Å². The lowest BCUT2D eigenvalue weighted by molar-refractivity contribution is -0.123. The molecule has 2 aliphatic rings. The van der Waals surface area contributed by atoms with Crippen molar-refractivity contribution in [3.05, 3.63) is 58.6 Å². The fraction of sp³-hybridized carbons (Fsp3) is 0.462. The maximum Gasteiger partial charge on any atom is 0.234 e. The normalized spacial score (nSPS) is 18.2. The topological polar surface area (TPSA) is 77.9 Å². The molecular formula is C26H32N4O3S. The summed E-state index contributed by atoms with van der Waals surface area (Å²) in [5.41, 5.74) is 3.64. The number of fused-ring (bicyclic) bond motifs is 2. The molecule has 1 aliphatic carbocycles. The molecule has 1 fully saturated rings. The highest BCUT2D eigenvalue weighted by atomic mass is 32.1. The third-order valence-corrected chi connectivity index (χ3v) is 7.58. The standard InChI is InChI=1S/C26H32N4O3S/c1-18-27-24-14-23(6-7-25(24)34-18)33-17-22(31)15-29-8-10-30(11-9-29)16-26(32)28-21-12-19-4-2-3-5-20(19)13-21/h2-7,14,21-22,31H,8-13,15-17H2,1H3,(H,28,32). The summed E-state index contributed by atoms with van der Waals surface area (Å²) < 4.78 is 6.96. The Balaban J connectivity index is 1.00. The average Bonchev–Trinajstić information content (AvgIpc) is 3.40. The molecule has 0 radical (unpaired) electrons. The molecule has 2 N–H and O–H groups in total. The molecular weight excluding hydrogens is 448 g/mol. The molecule has 34 heavy (non-hydrogen) atoms. The monoisotopic (exact) mass is 480 g/mol. The largest absolute Gasteiger partial charge is 0.491 e. The Morgan fingerprint density at radius 3 is 2.59 bits per heavy atom. The number of hydrogen-bond acceptors (Lipinski definition) is 7. The number of piperazine rings is 1. The number of thiazole rings is 1. The van der Waals surface area contributed by atoms with Gasteiger partial charge in [-0.2, -0.15) is 0 Å². The van der Waals surface area contributed by atoms with Gasteiger partial charge in [0.25, 0.3) is 0 Å². The van der Waals surface area contributed by atoms with Crippen LogP contribution in [0.1, 0.15) is 16.1 Å². The molecule has 0 saturated carbocycles. The first-order chi connectivity index (χ1) is 16.5. The number of hydrogen-bond donors (Lipinski definition) is 2. The molecule has 1 aromatic heterocycles. The molecule has 3 aromatic rings. The quantitative estimate of drug-likeness (QED) is 0.515. The number of aliphatic hydroxyl groups excluding tert-OH is 1. The van der Waals surface area contributed by atoms with Crippen molar-refractivity contribution in [2.24, 2.45) is 0 Å². The van der Waals surface area contributed by atoms with Crippen molar-refractivity contribution in [3.8, 4) is 5.75 Å². The molecule has 0 bridgehead atoms. The zero-order chi connectivity index (χ0) is 23.5. The maximum absolute atomic E-state index is 12.6. The number of aryl methyl sites for hydroxylation is 1. The number of aliphatic hydroxyl groups is 1. The van der Waals surface area contributed by atoms with Gasteiger partial charge in [0.2, 0.25) is 5.91 Å². The van der Waals surface area contributed by atoms with Crippen LogP contribution in [0.4, 0.5) is 0 Å². The highest BCUT2D eigenvalue weighted by Gasteiger charge is 2.25.